The second-order valence-electron chi connectivity index (χ2n) is 8.12. The molecule has 0 fully saturated rings. The first-order valence-corrected chi connectivity index (χ1v) is 9.97. The number of carbonyl (C=O) groups excluding carboxylic acids is 2. The molecule has 0 unspecified atom stereocenters. The first-order chi connectivity index (χ1) is 13.7. The van der Waals surface area contributed by atoms with Crippen LogP contribution < -0.4 is 5.32 Å². The molecule has 0 saturated heterocycles. The minimum absolute atomic E-state index is 0.0900. The summed E-state index contributed by atoms with van der Waals surface area (Å²) in [5, 5.41) is 2.80. The lowest BCUT2D eigenvalue weighted by molar-refractivity contribution is -0.143. The summed E-state index contributed by atoms with van der Waals surface area (Å²) in [7, 11) is 0. The number of alkyl carbamates (subject to hydrolysis) is 1. The quantitative estimate of drug-likeness (QED) is 0.664. The van der Waals surface area contributed by atoms with Gasteiger partial charge in [-0.15, -0.1) is 0 Å². The van der Waals surface area contributed by atoms with Crippen molar-refractivity contribution in [1.82, 2.24) is 5.32 Å². The Morgan fingerprint density at radius 2 is 1.72 bits per heavy atom. The molecule has 0 aromatic heterocycles. The molecule has 1 amide bonds. The highest BCUT2D eigenvalue weighted by molar-refractivity contribution is 5.73. The summed E-state index contributed by atoms with van der Waals surface area (Å²) in [6, 6.07) is 16.1. The molecule has 0 spiro atoms. The van der Waals surface area contributed by atoms with Crippen LogP contribution >= 0.6 is 0 Å². The number of ether oxygens (including phenoxy) is 2. The van der Waals surface area contributed by atoms with Gasteiger partial charge in [-0.1, -0.05) is 54.1 Å². The monoisotopic (exact) mass is 397 g/mol. The summed E-state index contributed by atoms with van der Waals surface area (Å²) >= 11 is 0. The van der Waals surface area contributed by atoms with Gasteiger partial charge in [-0.2, -0.15) is 0 Å². The Kier molecular flexibility index (Phi) is 7.82. The Morgan fingerprint density at radius 1 is 1.03 bits per heavy atom. The third-order valence-corrected chi connectivity index (χ3v) is 4.23. The van der Waals surface area contributed by atoms with E-state index in [9.17, 15) is 9.59 Å². The highest BCUT2D eigenvalue weighted by atomic mass is 16.6. The second kappa shape index (κ2) is 10.1. The van der Waals surface area contributed by atoms with E-state index in [0.717, 1.165) is 16.7 Å². The highest BCUT2D eigenvalue weighted by Crippen LogP contribution is 2.21. The number of nitrogens with one attached hydrogen (secondary N) is 1. The molecule has 0 bridgehead atoms. The molecule has 29 heavy (non-hydrogen) atoms. The zero-order valence-corrected chi connectivity index (χ0v) is 18.0. The zero-order chi connectivity index (χ0) is 21.4. The molecular weight excluding hydrogens is 366 g/mol. The summed E-state index contributed by atoms with van der Waals surface area (Å²) in [5.74, 6) is -0.343. The van der Waals surface area contributed by atoms with Crippen LogP contribution in [0.5, 0.6) is 0 Å². The molecule has 0 heterocycles. The Hall–Kier alpha value is -2.82. The van der Waals surface area contributed by atoms with E-state index >= 15 is 0 Å². The molecule has 5 heteroatoms. The SMILES string of the molecule is CCOC(=O)C[C@@H](Cc1ccc(-c2cccc(C)c2)cc1)NC(=O)OC(C)(C)C. The standard InChI is InChI=1S/C24H31NO4/c1-6-28-22(26)16-21(25-23(27)29-24(3,4)5)15-18-10-12-19(13-11-18)20-9-7-8-17(2)14-20/h7-14,21H,6,15-16H2,1-5H3,(H,25,27)/t21-/m1/s1. The van der Waals surface area contributed by atoms with Crippen LogP contribution in [0.2, 0.25) is 0 Å². The summed E-state index contributed by atoms with van der Waals surface area (Å²) in [5.41, 5.74) is 3.91. The third-order valence-electron chi connectivity index (χ3n) is 4.23. The van der Waals surface area contributed by atoms with Gasteiger partial charge in [0.05, 0.1) is 13.0 Å². The van der Waals surface area contributed by atoms with E-state index in [1.54, 1.807) is 27.7 Å². The maximum absolute atomic E-state index is 12.2. The molecule has 2 aromatic rings. The molecule has 1 N–H and O–H groups in total. The van der Waals surface area contributed by atoms with Crippen LogP contribution in [-0.4, -0.2) is 30.3 Å². The van der Waals surface area contributed by atoms with Crippen molar-refractivity contribution in [3.8, 4) is 11.1 Å². The Balaban J connectivity index is 2.10. The van der Waals surface area contributed by atoms with Crippen LogP contribution in [0.15, 0.2) is 48.5 Å². The van der Waals surface area contributed by atoms with E-state index in [1.807, 2.05) is 18.2 Å². The number of hydrogen-bond acceptors (Lipinski definition) is 4. The fraction of sp³-hybridized carbons (Fsp3) is 0.417. The van der Waals surface area contributed by atoms with Crippen LogP contribution in [0.1, 0.15) is 45.2 Å². The van der Waals surface area contributed by atoms with E-state index in [2.05, 4.69) is 42.6 Å². The van der Waals surface area contributed by atoms with Crippen molar-refractivity contribution in [3.05, 3.63) is 59.7 Å². The molecule has 2 aromatic carbocycles. The lowest BCUT2D eigenvalue weighted by Gasteiger charge is -2.23. The molecule has 1 atom stereocenters. The summed E-state index contributed by atoms with van der Waals surface area (Å²) in [6.45, 7) is 9.55. The largest absolute Gasteiger partial charge is 0.466 e. The lowest BCUT2D eigenvalue weighted by atomic mass is 9.98. The number of carbonyl (C=O) groups is 2. The van der Waals surface area contributed by atoms with E-state index in [4.69, 9.17) is 9.47 Å². The number of amides is 1. The van der Waals surface area contributed by atoms with Crippen molar-refractivity contribution in [2.45, 2.75) is 59.1 Å². The molecule has 0 aliphatic rings. The van der Waals surface area contributed by atoms with Crippen LogP contribution in [0, 0.1) is 6.92 Å². The maximum Gasteiger partial charge on any atom is 0.407 e. The van der Waals surface area contributed by atoms with Crippen LogP contribution in [-0.2, 0) is 20.7 Å². The molecule has 0 radical (unpaired) electrons. The fourth-order valence-electron chi connectivity index (χ4n) is 3.01. The first-order valence-electron chi connectivity index (χ1n) is 9.97. The summed E-state index contributed by atoms with van der Waals surface area (Å²) in [6.07, 6.45) is 0.0574. The van der Waals surface area contributed by atoms with E-state index in [1.165, 1.54) is 5.56 Å². The molecule has 156 valence electrons. The van der Waals surface area contributed by atoms with E-state index in [-0.39, 0.29) is 12.4 Å². The Bertz CT molecular complexity index is 822. The van der Waals surface area contributed by atoms with Crippen molar-refractivity contribution in [2.24, 2.45) is 0 Å². The highest BCUT2D eigenvalue weighted by Gasteiger charge is 2.22. The van der Waals surface area contributed by atoms with Crippen molar-refractivity contribution in [2.75, 3.05) is 6.61 Å². The fourth-order valence-corrected chi connectivity index (χ4v) is 3.01. The number of benzene rings is 2. The van der Waals surface area contributed by atoms with E-state index < -0.39 is 17.7 Å². The zero-order valence-electron chi connectivity index (χ0n) is 18.0. The molecule has 2 rings (SSSR count). The smallest absolute Gasteiger partial charge is 0.407 e. The predicted molar refractivity (Wildman–Crippen MR) is 115 cm³/mol. The number of aryl methyl sites for hydroxylation is 1. The summed E-state index contributed by atoms with van der Waals surface area (Å²) < 4.78 is 10.4. The van der Waals surface area contributed by atoms with Gasteiger partial charge in [0.25, 0.3) is 0 Å². The first kappa shape index (κ1) is 22.5. The van der Waals surface area contributed by atoms with Gasteiger partial charge in [0, 0.05) is 6.04 Å². The van der Waals surface area contributed by atoms with Gasteiger partial charge >= 0.3 is 12.1 Å². The topological polar surface area (TPSA) is 64.6 Å². The van der Waals surface area contributed by atoms with Crippen LogP contribution in [0.4, 0.5) is 4.79 Å². The van der Waals surface area contributed by atoms with Crippen molar-refractivity contribution >= 4 is 12.1 Å². The van der Waals surface area contributed by atoms with Gasteiger partial charge in [-0.3, -0.25) is 4.79 Å². The van der Waals surface area contributed by atoms with Crippen molar-refractivity contribution in [1.29, 1.82) is 0 Å². The van der Waals surface area contributed by atoms with Gasteiger partial charge in [0.1, 0.15) is 5.60 Å². The van der Waals surface area contributed by atoms with Gasteiger partial charge in [-0.05, 0) is 57.7 Å². The number of rotatable bonds is 7. The molecule has 5 nitrogen and oxygen atoms in total. The Morgan fingerprint density at radius 3 is 2.31 bits per heavy atom. The second-order valence-corrected chi connectivity index (χ2v) is 8.12. The molecule has 0 aliphatic carbocycles. The van der Waals surface area contributed by atoms with Gasteiger partial charge in [0.2, 0.25) is 0 Å². The van der Waals surface area contributed by atoms with Crippen LogP contribution in [0.3, 0.4) is 0 Å². The van der Waals surface area contributed by atoms with Gasteiger partial charge in [-0.25, -0.2) is 4.79 Å². The van der Waals surface area contributed by atoms with Crippen LogP contribution in [0.25, 0.3) is 11.1 Å². The van der Waals surface area contributed by atoms with Crippen molar-refractivity contribution < 1.29 is 19.1 Å². The molecule has 0 aliphatic heterocycles. The maximum atomic E-state index is 12.2. The normalized spacial score (nSPS) is 12.2. The van der Waals surface area contributed by atoms with Gasteiger partial charge < -0.3 is 14.8 Å². The lowest BCUT2D eigenvalue weighted by Crippen LogP contribution is -2.41. The number of hydrogen-bond donors (Lipinski definition) is 1. The third kappa shape index (κ3) is 7.98. The number of esters is 1. The Labute approximate surface area is 173 Å². The van der Waals surface area contributed by atoms with Crippen molar-refractivity contribution in [3.63, 3.8) is 0 Å². The summed E-state index contributed by atoms with van der Waals surface area (Å²) in [4.78, 5) is 24.2. The average Bonchev–Trinajstić information content (AvgIpc) is 2.60. The minimum atomic E-state index is -0.603. The predicted octanol–water partition coefficient (Wildman–Crippen LogP) is 5.05. The van der Waals surface area contributed by atoms with E-state index in [0.29, 0.717) is 13.0 Å². The molecular formula is C24H31NO4. The minimum Gasteiger partial charge on any atom is -0.466 e. The molecule has 0 saturated carbocycles. The average molecular weight is 398 g/mol. The van der Waals surface area contributed by atoms with Gasteiger partial charge in [0.15, 0.2) is 0 Å².